The van der Waals surface area contributed by atoms with Crippen LogP contribution < -0.4 is 5.32 Å². The number of carbonyl (C=O) groups excluding carboxylic acids is 1. The van der Waals surface area contributed by atoms with Crippen LogP contribution in [0.5, 0.6) is 0 Å². The van der Waals surface area contributed by atoms with Gasteiger partial charge in [0.25, 0.3) is 5.91 Å². The Morgan fingerprint density at radius 1 is 1.44 bits per heavy atom. The maximum Gasteiger partial charge on any atom is 0.254 e. The van der Waals surface area contributed by atoms with Crippen molar-refractivity contribution in [2.45, 2.75) is 33.7 Å². The number of nitrogens with one attached hydrogen (secondary N) is 1. The zero-order chi connectivity index (χ0) is 13.7. The van der Waals surface area contributed by atoms with Gasteiger partial charge in [-0.1, -0.05) is 13.8 Å². The van der Waals surface area contributed by atoms with Crippen molar-refractivity contribution in [2.24, 2.45) is 5.92 Å². The number of hydrogen-bond donors (Lipinski definition) is 1. The van der Waals surface area contributed by atoms with E-state index in [0.29, 0.717) is 11.5 Å². The van der Waals surface area contributed by atoms with Gasteiger partial charge >= 0.3 is 0 Å². The molecule has 1 amide bonds. The summed E-state index contributed by atoms with van der Waals surface area (Å²) in [4.78, 5) is 18.3. The van der Waals surface area contributed by atoms with Gasteiger partial charge in [-0.05, 0) is 31.9 Å². The summed E-state index contributed by atoms with van der Waals surface area (Å²) in [6, 6.07) is 3.77. The number of pyridine rings is 1. The number of nitrogens with zero attached hydrogens (tertiary/aromatic N) is 2. The first-order chi connectivity index (χ1) is 8.47. The number of anilines is 1. The molecule has 0 saturated heterocycles. The van der Waals surface area contributed by atoms with Gasteiger partial charge in [0.15, 0.2) is 0 Å². The largest absolute Gasteiger partial charge is 0.370 e. The van der Waals surface area contributed by atoms with Crippen molar-refractivity contribution in [1.29, 1.82) is 0 Å². The highest BCUT2D eigenvalue weighted by molar-refractivity contribution is 5.94. The third-order valence-electron chi connectivity index (χ3n) is 3.26. The Kier molecular flexibility index (Phi) is 5.13. The van der Waals surface area contributed by atoms with E-state index in [1.807, 2.05) is 14.0 Å². The second kappa shape index (κ2) is 6.38. The summed E-state index contributed by atoms with van der Waals surface area (Å²) in [6.07, 6.45) is 1.67. The van der Waals surface area contributed by atoms with E-state index in [1.165, 1.54) is 0 Å². The standard InChI is InChI=1S/C14H23N3O/c1-6-15-13-9-12(7-8-16-13)14(18)17(5)11(4)10(2)3/h7-11H,6H2,1-5H3,(H,15,16). The summed E-state index contributed by atoms with van der Waals surface area (Å²) >= 11 is 0. The Balaban J connectivity index is 2.86. The number of amides is 1. The molecule has 1 atom stereocenters. The maximum atomic E-state index is 12.3. The summed E-state index contributed by atoms with van der Waals surface area (Å²) in [7, 11) is 1.85. The predicted octanol–water partition coefficient (Wildman–Crippen LogP) is 2.63. The summed E-state index contributed by atoms with van der Waals surface area (Å²) in [5.74, 6) is 1.22. The Morgan fingerprint density at radius 3 is 2.67 bits per heavy atom. The van der Waals surface area contributed by atoms with Crippen LogP contribution in [0.1, 0.15) is 38.1 Å². The SMILES string of the molecule is CCNc1cc(C(=O)N(C)C(C)C(C)C)ccn1. The van der Waals surface area contributed by atoms with Crippen LogP contribution in [0.25, 0.3) is 0 Å². The van der Waals surface area contributed by atoms with Crippen molar-refractivity contribution in [1.82, 2.24) is 9.88 Å². The van der Waals surface area contributed by atoms with E-state index in [1.54, 1.807) is 23.2 Å². The highest BCUT2D eigenvalue weighted by Gasteiger charge is 2.20. The topological polar surface area (TPSA) is 45.2 Å². The lowest BCUT2D eigenvalue weighted by Gasteiger charge is -2.28. The molecule has 1 heterocycles. The van der Waals surface area contributed by atoms with Crippen LogP contribution in [0.4, 0.5) is 5.82 Å². The monoisotopic (exact) mass is 249 g/mol. The Hall–Kier alpha value is -1.58. The van der Waals surface area contributed by atoms with Crippen molar-refractivity contribution in [3.63, 3.8) is 0 Å². The molecule has 18 heavy (non-hydrogen) atoms. The summed E-state index contributed by atoms with van der Waals surface area (Å²) in [5.41, 5.74) is 0.677. The van der Waals surface area contributed by atoms with Gasteiger partial charge in [0.1, 0.15) is 5.82 Å². The van der Waals surface area contributed by atoms with Crippen molar-refractivity contribution >= 4 is 11.7 Å². The van der Waals surface area contributed by atoms with E-state index in [-0.39, 0.29) is 11.9 Å². The van der Waals surface area contributed by atoms with Gasteiger partial charge < -0.3 is 10.2 Å². The van der Waals surface area contributed by atoms with E-state index < -0.39 is 0 Å². The molecule has 1 aromatic rings. The highest BCUT2D eigenvalue weighted by Crippen LogP contribution is 2.14. The zero-order valence-corrected chi connectivity index (χ0v) is 11.9. The smallest absolute Gasteiger partial charge is 0.254 e. The first-order valence-electron chi connectivity index (χ1n) is 6.44. The van der Waals surface area contributed by atoms with E-state index in [2.05, 4.69) is 31.1 Å². The molecule has 0 saturated carbocycles. The molecule has 1 rings (SSSR count). The van der Waals surface area contributed by atoms with Gasteiger partial charge in [-0.3, -0.25) is 4.79 Å². The average Bonchev–Trinajstić information content (AvgIpc) is 2.36. The van der Waals surface area contributed by atoms with Crippen molar-refractivity contribution < 1.29 is 4.79 Å². The van der Waals surface area contributed by atoms with Crippen LogP contribution in [-0.2, 0) is 0 Å². The fourth-order valence-corrected chi connectivity index (χ4v) is 1.68. The Bertz CT molecular complexity index is 404. The molecule has 0 aromatic carbocycles. The molecule has 4 nitrogen and oxygen atoms in total. The summed E-state index contributed by atoms with van der Waals surface area (Å²) < 4.78 is 0. The second-order valence-corrected chi connectivity index (χ2v) is 4.86. The molecule has 0 aliphatic rings. The van der Waals surface area contributed by atoms with E-state index in [9.17, 15) is 4.79 Å². The van der Waals surface area contributed by atoms with Crippen molar-refractivity contribution in [3.8, 4) is 0 Å². The molecule has 0 spiro atoms. The molecular weight excluding hydrogens is 226 g/mol. The second-order valence-electron chi connectivity index (χ2n) is 4.86. The highest BCUT2D eigenvalue weighted by atomic mass is 16.2. The molecule has 1 unspecified atom stereocenters. The molecular formula is C14H23N3O. The lowest BCUT2D eigenvalue weighted by Crippen LogP contribution is -2.38. The minimum atomic E-state index is 0.0396. The van der Waals surface area contributed by atoms with Crippen molar-refractivity contribution in [2.75, 3.05) is 18.9 Å². The number of carbonyl (C=O) groups is 1. The number of hydrogen-bond acceptors (Lipinski definition) is 3. The first kappa shape index (κ1) is 14.5. The van der Waals surface area contributed by atoms with Gasteiger partial charge in [0.05, 0.1) is 0 Å². The molecule has 0 aliphatic carbocycles. The molecule has 0 bridgehead atoms. The van der Waals surface area contributed by atoms with Gasteiger partial charge in [0.2, 0.25) is 0 Å². The third-order valence-corrected chi connectivity index (χ3v) is 3.26. The minimum Gasteiger partial charge on any atom is -0.370 e. The van der Waals surface area contributed by atoms with E-state index in [4.69, 9.17) is 0 Å². The average molecular weight is 249 g/mol. The van der Waals surface area contributed by atoms with Crippen LogP contribution >= 0.6 is 0 Å². The quantitative estimate of drug-likeness (QED) is 0.872. The maximum absolute atomic E-state index is 12.3. The van der Waals surface area contributed by atoms with Gasteiger partial charge in [0, 0.05) is 31.4 Å². The van der Waals surface area contributed by atoms with Crippen LogP contribution in [0, 0.1) is 5.92 Å². The number of aromatic nitrogens is 1. The van der Waals surface area contributed by atoms with Crippen molar-refractivity contribution in [3.05, 3.63) is 23.9 Å². The van der Waals surface area contributed by atoms with Gasteiger partial charge in [-0.2, -0.15) is 0 Å². The third kappa shape index (κ3) is 3.45. The lowest BCUT2D eigenvalue weighted by molar-refractivity contribution is 0.0707. The lowest BCUT2D eigenvalue weighted by atomic mass is 10.0. The van der Waals surface area contributed by atoms with Gasteiger partial charge in [-0.15, -0.1) is 0 Å². The predicted molar refractivity (Wildman–Crippen MR) is 74.8 cm³/mol. The van der Waals surface area contributed by atoms with E-state index in [0.717, 1.165) is 12.4 Å². The molecule has 100 valence electrons. The van der Waals surface area contributed by atoms with Gasteiger partial charge in [-0.25, -0.2) is 4.98 Å². The van der Waals surface area contributed by atoms with E-state index >= 15 is 0 Å². The minimum absolute atomic E-state index is 0.0396. The molecule has 0 fully saturated rings. The summed E-state index contributed by atoms with van der Waals surface area (Å²) in [6.45, 7) is 9.09. The molecule has 0 aliphatic heterocycles. The van der Waals surface area contributed by atoms with Crippen LogP contribution in [-0.4, -0.2) is 35.4 Å². The Morgan fingerprint density at radius 2 is 2.11 bits per heavy atom. The Labute approximate surface area is 109 Å². The molecule has 0 radical (unpaired) electrons. The fraction of sp³-hybridized carbons (Fsp3) is 0.571. The summed E-state index contributed by atoms with van der Waals surface area (Å²) in [5, 5.41) is 3.11. The first-order valence-corrected chi connectivity index (χ1v) is 6.44. The molecule has 1 aromatic heterocycles. The molecule has 4 heteroatoms. The fourth-order valence-electron chi connectivity index (χ4n) is 1.68. The zero-order valence-electron chi connectivity index (χ0n) is 11.9. The normalized spacial score (nSPS) is 12.3. The van der Waals surface area contributed by atoms with Crippen LogP contribution in [0.3, 0.4) is 0 Å². The van der Waals surface area contributed by atoms with Crippen LogP contribution in [0.2, 0.25) is 0 Å². The van der Waals surface area contributed by atoms with Crippen LogP contribution in [0.15, 0.2) is 18.3 Å². The number of rotatable bonds is 5. The molecule has 1 N–H and O–H groups in total.